The summed E-state index contributed by atoms with van der Waals surface area (Å²) in [6.45, 7) is 1.72. The number of aromatic nitrogens is 2. The van der Waals surface area contributed by atoms with Crippen LogP contribution in [0.2, 0.25) is 0 Å². The van der Waals surface area contributed by atoms with Crippen LogP contribution in [0.15, 0.2) is 55.0 Å². The number of anilines is 2. The van der Waals surface area contributed by atoms with Crippen LogP contribution in [0.25, 0.3) is 0 Å². The maximum absolute atomic E-state index is 5.24. The summed E-state index contributed by atoms with van der Waals surface area (Å²) in [7, 11) is 3.76. The van der Waals surface area contributed by atoms with E-state index in [-0.39, 0.29) is 0 Å². The van der Waals surface area contributed by atoms with Gasteiger partial charge in [-0.1, -0.05) is 12.1 Å². The molecule has 0 aliphatic rings. The molecule has 3 aromatic rings. The zero-order chi connectivity index (χ0) is 16.8. The minimum Gasteiger partial charge on any atom is -0.497 e. The number of benzene rings is 1. The second-order valence-electron chi connectivity index (χ2n) is 5.52. The van der Waals surface area contributed by atoms with Gasteiger partial charge in [0.15, 0.2) is 5.13 Å². The van der Waals surface area contributed by atoms with Crippen LogP contribution < -0.4 is 10.1 Å². The Morgan fingerprint density at radius 2 is 2.08 bits per heavy atom. The van der Waals surface area contributed by atoms with E-state index in [2.05, 4.69) is 33.3 Å². The maximum atomic E-state index is 5.24. The highest BCUT2D eigenvalue weighted by atomic mass is 32.1. The van der Waals surface area contributed by atoms with Crippen LogP contribution in [0, 0.1) is 0 Å². The highest BCUT2D eigenvalue weighted by molar-refractivity contribution is 7.15. The molecule has 2 aromatic heterocycles. The second-order valence-corrected chi connectivity index (χ2v) is 6.64. The van der Waals surface area contributed by atoms with Crippen LogP contribution in [-0.2, 0) is 13.1 Å². The Morgan fingerprint density at radius 1 is 1.17 bits per heavy atom. The third-order valence-electron chi connectivity index (χ3n) is 3.48. The summed E-state index contributed by atoms with van der Waals surface area (Å²) < 4.78 is 5.24. The Labute approximate surface area is 146 Å². The minimum absolute atomic E-state index is 0.827. The molecule has 1 aromatic carbocycles. The lowest BCUT2D eigenvalue weighted by molar-refractivity contribution is 0.321. The molecule has 1 N–H and O–H groups in total. The van der Waals surface area contributed by atoms with Gasteiger partial charge in [-0.3, -0.25) is 9.88 Å². The van der Waals surface area contributed by atoms with Crippen molar-refractivity contribution in [2.24, 2.45) is 0 Å². The molecular weight excluding hydrogens is 320 g/mol. The smallest absolute Gasteiger partial charge is 0.187 e. The van der Waals surface area contributed by atoms with Crippen LogP contribution in [0.1, 0.15) is 10.4 Å². The maximum Gasteiger partial charge on any atom is 0.187 e. The van der Waals surface area contributed by atoms with Crippen molar-refractivity contribution in [2.75, 3.05) is 19.5 Å². The largest absolute Gasteiger partial charge is 0.497 e. The van der Waals surface area contributed by atoms with Crippen molar-refractivity contribution in [3.63, 3.8) is 0 Å². The van der Waals surface area contributed by atoms with Gasteiger partial charge >= 0.3 is 0 Å². The summed E-state index contributed by atoms with van der Waals surface area (Å²) in [5.74, 6) is 0.827. The van der Waals surface area contributed by atoms with E-state index in [0.717, 1.165) is 29.7 Å². The highest BCUT2D eigenvalue weighted by Crippen LogP contribution is 2.25. The van der Waals surface area contributed by atoms with Crippen molar-refractivity contribution in [1.29, 1.82) is 0 Å². The molecule has 0 aliphatic carbocycles. The Bertz CT molecular complexity index is 775. The van der Waals surface area contributed by atoms with Gasteiger partial charge in [-0.15, -0.1) is 11.3 Å². The van der Waals surface area contributed by atoms with E-state index in [1.54, 1.807) is 24.6 Å². The molecule has 0 spiro atoms. The predicted molar refractivity (Wildman–Crippen MR) is 97.8 cm³/mol. The van der Waals surface area contributed by atoms with Crippen molar-refractivity contribution in [2.45, 2.75) is 13.1 Å². The van der Waals surface area contributed by atoms with E-state index in [9.17, 15) is 0 Å². The molecule has 5 nitrogen and oxygen atoms in total. The number of methoxy groups -OCH3 is 1. The van der Waals surface area contributed by atoms with E-state index in [4.69, 9.17) is 4.74 Å². The zero-order valence-corrected chi connectivity index (χ0v) is 14.6. The normalized spacial score (nSPS) is 10.8. The molecule has 0 amide bonds. The topological polar surface area (TPSA) is 50.3 Å². The van der Waals surface area contributed by atoms with E-state index in [0.29, 0.717) is 0 Å². The Balaban J connectivity index is 1.58. The lowest BCUT2D eigenvalue weighted by Crippen LogP contribution is -2.16. The van der Waals surface area contributed by atoms with E-state index in [1.807, 2.05) is 42.7 Å². The van der Waals surface area contributed by atoms with E-state index in [1.165, 1.54) is 10.4 Å². The fourth-order valence-electron chi connectivity index (χ4n) is 2.39. The standard InChI is InChI=1S/C18H20N4OS/c1-22(12-14-5-4-8-19-10-14)13-17-11-20-18(24-17)21-15-6-3-7-16(9-15)23-2/h3-11H,12-13H2,1-2H3,(H,20,21). The predicted octanol–water partition coefficient (Wildman–Crippen LogP) is 3.92. The molecule has 6 heteroatoms. The quantitative estimate of drug-likeness (QED) is 0.706. The molecule has 0 atom stereocenters. The lowest BCUT2D eigenvalue weighted by atomic mass is 10.3. The van der Waals surface area contributed by atoms with Gasteiger partial charge in [0.25, 0.3) is 0 Å². The Morgan fingerprint density at radius 3 is 2.88 bits per heavy atom. The van der Waals surface area contributed by atoms with Crippen molar-refractivity contribution in [3.8, 4) is 5.75 Å². The number of pyridine rings is 1. The van der Waals surface area contributed by atoms with Crippen LogP contribution in [0.5, 0.6) is 5.75 Å². The zero-order valence-electron chi connectivity index (χ0n) is 13.8. The van der Waals surface area contributed by atoms with Crippen molar-refractivity contribution < 1.29 is 4.74 Å². The molecule has 0 unspecified atom stereocenters. The first-order chi connectivity index (χ1) is 11.7. The average Bonchev–Trinajstić information content (AvgIpc) is 3.02. The Kier molecular flexibility index (Phi) is 5.40. The highest BCUT2D eigenvalue weighted by Gasteiger charge is 2.07. The number of thiazole rings is 1. The van der Waals surface area contributed by atoms with Gasteiger partial charge in [-0.05, 0) is 30.8 Å². The summed E-state index contributed by atoms with van der Waals surface area (Å²) in [5, 5.41) is 4.20. The van der Waals surface area contributed by atoms with Crippen LogP contribution in [-0.4, -0.2) is 29.0 Å². The van der Waals surface area contributed by atoms with Crippen molar-refractivity contribution >= 4 is 22.2 Å². The van der Waals surface area contributed by atoms with E-state index >= 15 is 0 Å². The van der Waals surface area contributed by atoms with Gasteiger partial charge in [-0.2, -0.15) is 0 Å². The Hall–Kier alpha value is -2.44. The van der Waals surface area contributed by atoms with E-state index < -0.39 is 0 Å². The molecule has 0 fully saturated rings. The SMILES string of the molecule is COc1cccc(Nc2ncc(CN(C)Cc3cccnc3)s2)c1. The van der Waals surface area contributed by atoms with Crippen LogP contribution in [0.4, 0.5) is 10.8 Å². The molecule has 0 bridgehead atoms. The van der Waals surface area contributed by atoms with Gasteiger partial charge in [0, 0.05) is 48.3 Å². The number of rotatable bonds is 7. The number of nitrogens with zero attached hydrogens (tertiary/aromatic N) is 3. The van der Waals surface area contributed by atoms with Gasteiger partial charge in [0.05, 0.1) is 7.11 Å². The summed E-state index contributed by atoms with van der Waals surface area (Å²) in [6.07, 6.45) is 5.62. The molecule has 0 saturated heterocycles. The van der Waals surface area contributed by atoms with Gasteiger partial charge in [-0.25, -0.2) is 4.98 Å². The molecule has 0 radical (unpaired) electrons. The molecule has 0 aliphatic heterocycles. The first kappa shape index (κ1) is 16.4. The molecular formula is C18H20N4OS. The molecule has 124 valence electrons. The molecule has 24 heavy (non-hydrogen) atoms. The first-order valence-electron chi connectivity index (χ1n) is 7.66. The third kappa shape index (κ3) is 4.53. The van der Waals surface area contributed by atoms with Gasteiger partial charge in [0.1, 0.15) is 5.75 Å². The molecule has 2 heterocycles. The van der Waals surface area contributed by atoms with Crippen molar-refractivity contribution in [3.05, 3.63) is 65.4 Å². The van der Waals surface area contributed by atoms with Crippen LogP contribution in [0.3, 0.4) is 0 Å². The lowest BCUT2D eigenvalue weighted by Gasteiger charge is -2.14. The first-order valence-corrected chi connectivity index (χ1v) is 8.48. The summed E-state index contributed by atoms with van der Waals surface area (Å²) in [4.78, 5) is 12.1. The van der Waals surface area contributed by atoms with Gasteiger partial charge < -0.3 is 10.1 Å². The average molecular weight is 340 g/mol. The van der Waals surface area contributed by atoms with Crippen molar-refractivity contribution in [1.82, 2.24) is 14.9 Å². The van der Waals surface area contributed by atoms with Crippen LogP contribution >= 0.6 is 11.3 Å². The monoisotopic (exact) mass is 340 g/mol. The minimum atomic E-state index is 0.827. The summed E-state index contributed by atoms with van der Waals surface area (Å²) in [6, 6.07) is 11.9. The summed E-state index contributed by atoms with van der Waals surface area (Å²) in [5.41, 5.74) is 2.18. The fourth-order valence-corrected chi connectivity index (χ4v) is 3.30. The molecule has 3 rings (SSSR count). The van der Waals surface area contributed by atoms with Gasteiger partial charge in [0.2, 0.25) is 0 Å². The molecule has 0 saturated carbocycles. The third-order valence-corrected chi connectivity index (χ3v) is 4.37. The number of hydrogen-bond donors (Lipinski definition) is 1. The second kappa shape index (κ2) is 7.90. The summed E-state index contributed by atoms with van der Waals surface area (Å²) >= 11 is 1.66. The number of ether oxygens (including phenoxy) is 1. The fraction of sp³-hybridized carbons (Fsp3) is 0.222. The number of hydrogen-bond acceptors (Lipinski definition) is 6. The number of nitrogens with one attached hydrogen (secondary N) is 1.